The second kappa shape index (κ2) is 6.56. The zero-order chi connectivity index (χ0) is 9.02. The topological polar surface area (TPSA) is 74.6 Å². The second-order valence-corrected chi connectivity index (χ2v) is 3.78. The number of carboxylic acids is 2. The first-order valence-corrected chi connectivity index (χ1v) is 4.00. The monoisotopic (exact) mass is 204 g/mol. The Morgan fingerprint density at radius 2 is 1.42 bits per heavy atom. The maximum Gasteiger partial charge on any atom is 2.00 e. The third-order valence-corrected chi connectivity index (χ3v) is 2.32. The Morgan fingerprint density at radius 1 is 1.17 bits per heavy atom. The van der Waals surface area contributed by atoms with Crippen LogP contribution in [0.3, 0.4) is 0 Å². The number of carboxylic acid groups (broad SMARTS) is 2. The summed E-state index contributed by atoms with van der Waals surface area (Å²) < 4.78 is 0. The molecular weight excluding hydrogens is 192 g/mol. The van der Waals surface area contributed by atoms with Gasteiger partial charge in [0, 0.05) is 0 Å². The van der Waals surface area contributed by atoms with Crippen LogP contribution in [0.1, 0.15) is 16.7 Å². The molecule has 0 radical (unpaired) electrons. The fourth-order valence-corrected chi connectivity index (χ4v) is 1.27. The van der Waals surface area contributed by atoms with E-state index in [9.17, 15) is 9.59 Å². The molecule has 0 heterocycles. The molecule has 0 aliphatic carbocycles. The molecule has 68 valence electrons. The molecule has 0 rings (SSSR count). The molecular formula is C6H12MgO4S. The SMILES string of the molecule is CC(SC(C)C(=O)O)C(=O)O.[H-].[H-].[Mg+2]. The average Bonchev–Trinajstić information content (AvgIpc) is 1.87. The molecule has 0 aromatic heterocycles. The summed E-state index contributed by atoms with van der Waals surface area (Å²) in [6, 6.07) is 0. The van der Waals surface area contributed by atoms with Gasteiger partial charge in [-0.1, -0.05) is 0 Å². The number of thioether (sulfide) groups is 1. The molecule has 6 heteroatoms. The molecule has 12 heavy (non-hydrogen) atoms. The van der Waals surface area contributed by atoms with Crippen LogP contribution in [-0.4, -0.2) is 55.7 Å². The molecule has 0 saturated carbocycles. The molecule has 0 bridgehead atoms. The molecule has 2 atom stereocenters. The smallest absolute Gasteiger partial charge is 1.00 e. The zero-order valence-corrected chi connectivity index (χ0v) is 9.21. The molecule has 0 spiro atoms. The second-order valence-electron chi connectivity index (χ2n) is 2.10. The van der Waals surface area contributed by atoms with Crippen molar-refractivity contribution in [1.29, 1.82) is 0 Å². The Kier molecular flexibility index (Phi) is 7.97. The maximum absolute atomic E-state index is 10.2. The zero-order valence-electron chi connectivity index (χ0n) is 8.98. The van der Waals surface area contributed by atoms with Crippen molar-refractivity contribution < 1.29 is 22.7 Å². The molecule has 0 amide bonds. The number of hydrogen-bond donors (Lipinski definition) is 2. The Morgan fingerprint density at radius 3 is 1.58 bits per heavy atom. The van der Waals surface area contributed by atoms with Gasteiger partial charge in [-0.25, -0.2) is 0 Å². The summed E-state index contributed by atoms with van der Waals surface area (Å²) in [6.07, 6.45) is 0. The van der Waals surface area contributed by atoms with Crippen LogP contribution in [0.5, 0.6) is 0 Å². The van der Waals surface area contributed by atoms with Gasteiger partial charge in [-0.3, -0.25) is 9.59 Å². The van der Waals surface area contributed by atoms with Gasteiger partial charge in [0.05, 0.1) is 0 Å². The number of carbonyl (C=O) groups is 2. The van der Waals surface area contributed by atoms with E-state index in [1.165, 1.54) is 13.8 Å². The van der Waals surface area contributed by atoms with Gasteiger partial charge in [-0.05, 0) is 13.8 Å². The van der Waals surface area contributed by atoms with E-state index in [2.05, 4.69) is 0 Å². The van der Waals surface area contributed by atoms with E-state index in [0.717, 1.165) is 11.8 Å². The minimum absolute atomic E-state index is 0. The Labute approximate surface area is 93.8 Å². The van der Waals surface area contributed by atoms with Gasteiger partial charge in [0.15, 0.2) is 0 Å². The third kappa shape index (κ3) is 5.67. The summed E-state index contributed by atoms with van der Waals surface area (Å²) in [5.41, 5.74) is 0. The maximum atomic E-state index is 10.2. The molecule has 4 nitrogen and oxygen atoms in total. The van der Waals surface area contributed by atoms with Crippen LogP contribution >= 0.6 is 11.8 Å². The van der Waals surface area contributed by atoms with Gasteiger partial charge >= 0.3 is 35.0 Å². The molecule has 0 aromatic carbocycles. The van der Waals surface area contributed by atoms with Crippen molar-refractivity contribution in [2.45, 2.75) is 24.3 Å². The van der Waals surface area contributed by atoms with Crippen molar-refractivity contribution >= 4 is 46.8 Å². The number of rotatable bonds is 4. The van der Waals surface area contributed by atoms with Crippen LogP contribution in [0.2, 0.25) is 0 Å². The van der Waals surface area contributed by atoms with Crippen molar-refractivity contribution in [1.82, 2.24) is 0 Å². The minimum atomic E-state index is -0.983. The molecule has 2 unspecified atom stereocenters. The quantitative estimate of drug-likeness (QED) is 0.653. The summed E-state index contributed by atoms with van der Waals surface area (Å²) in [6.45, 7) is 2.93. The number of hydrogen-bond acceptors (Lipinski definition) is 3. The first kappa shape index (κ1) is 14.6. The van der Waals surface area contributed by atoms with E-state index in [4.69, 9.17) is 10.2 Å². The van der Waals surface area contributed by atoms with E-state index in [0.29, 0.717) is 0 Å². The van der Waals surface area contributed by atoms with E-state index in [-0.39, 0.29) is 25.9 Å². The Hall–Kier alpha value is 0.0562. The summed E-state index contributed by atoms with van der Waals surface area (Å²) in [5, 5.41) is 15.5. The summed E-state index contributed by atoms with van der Waals surface area (Å²) >= 11 is 0.917. The third-order valence-electron chi connectivity index (χ3n) is 1.10. The fourth-order valence-electron chi connectivity index (χ4n) is 0.423. The molecule has 0 aromatic rings. The van der Waals surface area contributed by atoms with Gasteiger partial charge in [0.1, 0.15) is 10.5 Å². The van der Waals surface area contributed by atoms with Crippen LogP contribution in [0.15, 0.2) is 0 Å². The molecule has 0 aliphatic rings. The molecule has 0 fully saturated rings. The van der Waals surface area contributed by atoms with Crippen LogP contribution in [0.25, 0.3) is 0 Å². The first-order chi connectivity index (χ1) is 4.95. The molecule has 0 saturated heterocycles. The van der Waals surface area contributed by atoms with Gasteiger partial charge in [-0.15, -0.1) is 11.8 Å². The number of aliphatic carboxylic acids is 2. The fraction of sp³-hybridized carbons (Fsp3) is 0.667. The van der Waals surface area contributed by atoms with Crippen LogP contribution < -0.4 is 0 Å². The Balaban J connectivity index is -0.000000167. The normalized spacial score (nSPS) is 14.2. The summed E-state index contributed by atoms with van der Waals surface area (Å²) in [7, 11) is 0. The van der Waals surface area contributed by atoms with Gasteiger partial charge in [-0.2, -0.15) is 0 Å². The molecule has 2 N–H and O–H groups in total. The van der Waals surface area contributed by atoms with E-state index >= 15 is 0 Å². The van der Waals surface area contributed by atoms with Gasteiger partial charge < -0.3 is 13.1 Å². The predicted octanol–water partition coefficient (Wildman–Crippen LogP) is 0.510. The van der Waals surface area contributed by atoms with Crippen LogP contribution in [-0.2, 0) is 9.59 Å². The van der Waals surface area contributed by atoms with Crippen molar-refractivity contribution in [2.24, 2.45) is 0 Å². The van der Waals surface area contributed by atoms with Crippen molar-refractivity contribution in [2.75, 3.05) is 0 Å². The van der Waals surface area contributed by atoms with Crippen molar-refractivity contribution in [3.05, 3.63) is 0 Å². The van der Waals surface area contributed by atoms with Crippen LogP contribution in [0.4, 0.5) is 0 Å². The first-order valence-electron chi connectivity index (χ1n) is 3.06. The van der Waals surface area contributed by atoms with E-state index in [1.807, 2.05) is 0 Å². The van der Waals surface area contributed by atoms with Gasteiger partial charge in [0.25, 0.3) is 0 Å². The van der Waals surface area contributed by atoms with Gasteiger partial charge in [0.2, 0.25) is 0 Å². The summed E-state index contributed by atoms with van der Waals surface area (Å²) in [5.74, 6) is -1.97. The van der Waals surface area contributed by atoms with Crippen molar-refractivity contribution in [3.8, 4) is 0 Å². The standard InChI is InChI=1S/C6H10O4S.Mg.2H/c1-3(5(7)8)11-4(2)6(9)10;;;/h3-4H,1-2H3,(H,7,8)(H,9,10);;;/q;+2;2*-1. The molecule has 0 aliphatic heterocycles. The minimum Gasteiger partial charge on any atom is -1.00 e. The average molecular weight is 205 g/mol. The van der Waals surface area contributed by atoms with Crippen molar-refractivity contribution in [3.63, 3.8) is 0 Å². The summed E-state index contributed by atoms with van der Waals surface area (Å²) in [4.78, 5) is 20.5. The van der Waals surface area contributed by atoms with E-state index in [1.54, 1.807) is 0 Å². The predicted molar refractivity (Wildman–Crippen MR) is 49.8 cm³/mol. The van der Waals surface area contributed by atoms with Crippen LogP contribution in [0, 0.1) is 0 Å². The largest absolute Gasteiger partial charge is 2.00 e. The van der Waals surface area contributed by atoms with E-state index < -0.39 is 22.4 Å². The Bertz CT molecular complexity index is 163.